The Bertz CT molecular complexity index is 1140. The number of hydrogen-bond donors (Lipinski definition) is 2. The van der Waals surface area contributed by atoms with Gasteiger partial charge in [-0.1, -0.05) is 0 Å². The van der Waals surface area contributed by atoms with Crippen molar-refractivity contribution in [3.05, 3.63) is 59.1 Å². The molecular weight excluding hydrogens is 461 g/mol. The van der Waals surface area contributed by atoms with E-state index in [1.807, 2.05) is 4.90 Å². The third-order valence-corrected chi connectivity index (χ3v) is 5.56. The summed E-state index contributed by atoms with van der Waals surface area (Å²) in [5.74, 6) is -1.07. The van der Waals surface area contributed by atoms with Gasteiger partial charge in [0.2, 0.25) is 5.91 Å². The number of benzene rings is 1. The molecule has 4 rings (SSSR count). The van der Waals surface area contributed by atoms with Gasteiger partial charge in [-0.25, -0.2) is 9.97 Å². The number of carbonyl (C=O) groups excluding carboxylic acids is 2. The molecule has 0 fully saturated rings. The maximum Gasteiger partial charge on any atom is 0.573 e. The summed E-state index contributed by atoms with van der Waals surface area (Å²) in [6.45, 7) is 1.18. The van der Waals surface area contributed by atoms with Crippen LogP contribution < -0.4 is 15.4 Å². The fraction of sp³-hybridized carbons (Fsp3) is 0.250. The highest BCUT2D eigenvalue weighted by Gasteiger charge is 2.31. The maximum atomic E-state index is 12.4. The van der Waals surface area contributed by atoms with E-state index in [0.29, 0.717) is 30.3 Å². The largest absolute Gasteiger partial charge is 0.573 e. The highest BCUT2D eigenvalue weighted by atomic mass is 32.1. The van der Waals surface area contributed by atoms with Gasteiger partial charge in [-0.3, -0.25) is 24.8 Å². The highest BCUT2D eigenvalue weighted by Crippen LogP contribution is 2.29. The molecule has 2 N–H and O–H groups in total. The molecule has 0 radical (unpaired) electrons. The van der Waals surface area contributed by atoms with Crippen LogP contribution in [-0.2, 0) is 17.8 Å². The molecule has 3 heterocycles. The van der Waals surface area contributed by atoms with E-state index in [1.165, 1.54) is 42.1 Å². The average molecular weight is 478 g/mol. The Hall–Kier alpha value is -3.58. The Labute approximate surface area is 189 Å². The smallest absolute Gasteiger partial charge is 0.406 e. The molecule has 0 aliphatic carbocycles. The predicted octanol–water partition coefficient (Wildman–Crippen LogP) is 3.08. The standard InChI is InChI=1S/C20H17F3N6O3S/c21-20(22,23)32-13-3-1-12(2-4-13)26-17(30)11-29-8-5-14-16(10-29)33-19(27-14)28-18(31)15-9-24-6-7-25-15/h1-4,6-7,9H,5,8,10-11H2,(H,26,30)(H,27,28,31). The van der Waals surface area contributed by atoms with Gasteiger partial charge in [0.25, 0.3) is 5.91 Å². The summed E-state index contributed by atoms with van der Waals surface area (Å²) in [4.78, 5) is 39.7. The molecule has 172 valence electrons. The summed E-state index contributed by atoms with van der Waals surface area (Å²) in [6.07, 6.45) is 0.104. The second-order valence-corrected chi connectivity index (χ2v) is 8.10. The summed E-state index contributed by atoms with van der Waals surface area (Å²) < 4.78 is 40.5. The number of thiazole rings is 1. The minimum atomic E-state index is -4.77. The third kappa shape index (κ3) is 6.23. The number of hydrogen-bond acceptors (Lipinski definition) is 8. The van der Waals surface area contributed by atoms with Crippen molar-refractivity contribution < 1.29 is 27.5 Å². The van der Waals surface area contributed by atoms with E-state index >= 15 is 0 Å². The zero-order valence-corrected chi connectivity index (χ0v) is 17.7. The number of anilines is 2. The Morgan fingerprint density at radius 1 is 1.15 bits per heavy atom. The molecule has 1 aromatic carbocycles. The van der Waals surface area contributed by atoms with Crippen LogP contribution in [0.4, 0.5) is 24.0 Å². The van der Waals surface area contributed by atoms with Crippen LogP contribution in [0.5, 0.6) is 5.75 Å². The van der Waals surface area contributed by atoms with E-state index in [2.05, 4.69) is 30.3 Å². The lowest BCUT2D eigenvalue weighted by molar-refractivity contribution is -0.274. The van der Waals surface area contributed by atoms with Crippen LogP contribution in [0.3, 0.4) is 0 Å². The monoisotopic (exact) mass is 478 g/mol. The normalized spacial score (nSPS) is 13.8. The van der Waals surface area contributed by atoms with Crippen molar-refractivity contribution in [1.82, 2.24) is 19.9 Å². The minimum absolute atomic E-state index is 0.0967. The number of nitrogens with one attached hydrogen (secondary N) is 2. The van der Waals surface area contributed by atoms with Crippen molar-refractivity contribution in [3.8, 4) is 5.75 Å². The molecule has 0 unspecified atom stereocenters. The summed E-state index contributed by atoms with van der Waals surface area (Å²) in [5, 5.41) is 5.81. The first-order valence-corrected chi connectivity index (χ1v) is 10.5. The summed E-state index contributed by atoms with van der Waals surface area (Å²) in [7, 11) is 0. The number of rotatable bonds is 6. The SMILES string of the molecule is O=C(CN1CCc2nc(NC(=O)c3cnccn3)sc2C1)Nc1ccc(OC(F)(F)F)cc1. The van der Waals surface area contributed by atoms with E-state index in [1.54, 1.807) is 0 Å². The second-order valence-electron chi connectivity index (χ2n) is 7.01. The number of nitrogens with zero attached hydrogens (tertiary/aromatic N) is 4. The number of aromatic nitrogens is 3. The first-order valence-electron chi connectivity index (χ1n) is 9.69. The lowest BCUT2D eigenvalue weighted by Crippen LogP contribution is -2.36. The van der Waals surface area contributed by atoms with E-state index in [9.17, 15) is 22.8 Å². The molecule has 13 heteroatoms. The molecular formula is C20H17F3N6O3S. The van der Waals surface area contributed by atoms with Crippen molar-refractivity contribution >= 4 is 34.0 Å². The van der Waals surface area contributed by atoms with E-state index in [4.69, 9.17) is 0 Å². The van der Waals surface area contributed by atoms with Gasteiger partial charge in [-0.2, -0.15) is 0 Å². The van der Waals surface area contributed by atoms with Crippen molar-refractivity contribution in [3.63, 3.8) is 0 Å². The fourth-order valence-electron chi connectivity index (χ4n) is 3.16. The first-order chi connectivity index (χ1) is 15.7. The number of halogens is 3. The molecule has 1 aliphatic rings. The molecule has 0 saturated carbocycles. The molecule has 1 aliphatic heterocycles. The Balaban J connectivity index is 1.30. The van der Waals surface area contributed by atoms with Gasteiger partial charge in [0.1, 0.15) is 11.4 Å². The van der Waals surface area contributed by atoms with Crippen LogP contribution in [0.2, 0.25) is 0 Å². The zero-order chi connectivity index (χ0) is 23.4. The molecule has 0 atom stereocenters. The Kier molecular flexibility index (Phi) is 6.51. The minimum Gasteiger partial charge on any atom is -0.406 e. The van der Waals surface area contributed by atoms with Crippen LogP contribution >= 0.6 is 11.3 Å². The Morgan fingerprint density at radius 3 is 2.64 bits per heavy atom. The van der Waals surface area contributed by atoms with Crippen LogP contribution in [0.1, 0.15) is 21.1 Å². The molecule has 0 bridgehead atoms. The number of ether oxygens (including phenoxy) is 1. The second kappa shape index (κ2) is 9.50. The van der Waals surface area contributed by atoms with Gasteiger partial charge < -0.3 is 10.1 Å². The molecule has 3 aromatic rings. The van der Waals surface area contributed by atoms with Crippen molar-refractivity contribution in [1.29, 1.82) is 0 Å². The molecule has 9 nitrogen and oxygen atoms in total. The summed E-state index contributed by atoms with van der Waals surface area (Å²) in [6, 6.07) is 4.93. The van der Waals surface area contributed by atoms with Crippen molar-refractivity contribution in [2.75, 3.05) is 23.7 Å². The lowest BCUT2D eigenvalue weighted by Gasteiger charge is -2.25. The zero-order valence-electron chi connectivity index (χ0n) is 16.9. The summed E-state index contributed by atoms with van der Waals surface area (Å²) >= 11 is 1.33. The van der Waals surface area contributed by atoms with Gasteiger partial charge in [-0.05, 0) is 24.3 Å². The third-order valence-electron chi connectivity index (χ3n) is 4.57. The average Bonchev–Trinajstić information content (AvgIpc) is 3.16. The van der Waals surface area contributed by atoms with Crippen molar-refractivity contribution in [2.24, 2.45) is 0 Å². The molecule has 33 heavy (non-hydrogen) atoms. The molecule has 2 amide bonds. The predicted molar refractivity (Wildman–Crippen MR) is 113 cm³/mol. The van der Waals surface area contributed by atoms with E-state index in [0.717, 1.165) is 22.7 Å². The molecule has 2 aromatic heterocycles. The first kappa shape index (κ1) is 22.6. The van der Waals surface area contributed by atoms with Crippen LogP contribution in [0.15, 0.2) is 42.9 Å². The quantitative estimate of drug-likeness (QED) is 0.560. The molecule has 0 saturated heterocycles. The van der Waals surface area contributed by atoms with Crippen LogP contribution in [0, 0.1) is 0 Å². The van der Waals surface area contributed by atoms with Gasteiger partial charge in [0.05, 0.1) is 18.4 Å². The lowest BCUT2D eigenvalue weighted by atomic mass is 10.2. The number of alkyl halides is 3. The summed E-state index contributed by atoms with van der Waals surface area (Å²) in [5.41, 5.74) is 1.41. The highest BCUT2D eigenvalue weighted by molar-refractivity contribution is 7.15. The topological polar surface area (TPSA) is 109 Å². The molecule has 0 spiro atoms. The maximum absolute atomic E-state index is 12.4. The fourth-order valence-corrected chi connectivity index (χ4v) is 4.20. The van der Waals surface area contributed by atoms with Gasteiger partial charge in [0.15, 0.2) is 5.13 Å². The van der Waals surface area contributed by atoms with Crippen LogP contribution in [-0.4, -0.2) is 51.1 Å². The van der Waals surface area contributed by atoms with Crippen LogP contribution in [0.25, 0.3) is 0 Å². The number of amides is 2. The van der Waals surface area contributed by atoms with Gasteiger partial charge in [0, 0.05) is 42.5 Å². The van der Waals surface area contributed by atoms with E-state index < -0.39 is 12.3 Å². The van der Waals surface area contributed by atoms with Gasteiger partial charge >= 0.3 is 6.36 Å². The number of fused-ring (bicyclic) bond motifs is 1. The van der Waals surface area contributed by atoms with Crippen molar-refractivity contribution in [2.45, 2.75) is 19.3 Å². The van der Waals surface area contributed by atoms with E-state index in [-0.39, 0.29) is 23.9 Å². The van der Waals surface area contributed by atoms with Gasteiger partial charge in [-0.15, -0.1) is 24.5 Å². The Morgan fingerprint density at radius 2 is 1.94 bits per heavy atom. The number of carbonyl (C=O) groups is 2.